The number of benzene rings is 1. The number of hydrogen-bond donors (Lipinski definition) is 0. The van der Waals surface area contributed by atoms with E-state index in [0.717, 1.165) is 30.6 Å². The summed E-state index contributed by atoms with van der Waals surface area (Å²) >= 11 is 6.01. The molecule has 1 aliphatic rings. The maximum Gasteiger partial charge on any atom is 0.244 e. The van der Waals surface area contributed by atoms with Crippen LogP contribution in [-0.2, 0) is 16.6 Å². The van der Waals surface area contributed by atoms with Crippen LogP contribution in [0.5, 0.6) is 0 Å². The average Bonchev–Trinajstić information content (AvgIpc) is 2.62. The summed E-state index contributed by atoms with van der Waals surface area (Å²) in [7, 11) is -1.52. The minimum absolute atomic E-state index is 0.259. The number of halogens is 1. The van der Waals surface area contributed by atoms with E-state index in [1.807, 2.05) is 36.2 Å². The van der Waals surface area contributed by atoms with Gasteiger partial charge in [0, 0.05) is 37.9 Å². The van der Waals surface area contributed by atoms with Crippen molar-refractivity contribution in [1.82, 2.24) is 9.29 Å². The van der Waals surface area contributed by atoms with Crippen molar-refractivity contribution in [2.75, 3.05) is 25.0 Å². The summed E-state index contributed by atoms with van der Waals surface area (Å²) in [5.41, 5.74) is 1.07. The van der Waals surface area contributed by atoms with Crippen LogP contribution < -0.4 is 4.90 Å². The van der Waals surface area contributed by atoms with Crippen molar-refractivity contribution in [3.63, 3.8) is 0 Å². The van der Waals surface area contributed by atoms with Crippen molar-refractivity contribution in [3.05, 3.63) is 53.2 Å². The Morgan fingerprint density at radius 3 is 2.56 bits per heavy atom. The zero-order valence-corrected chi connectivity index (χ0v) is 15.8. The van der Waals surface area contributed by atoms with Crippen LogP contribution >= 0.6 is 11.6 Å². The molecule has 0 atom stereocenters. The van der Waals surface area contributed by atoms with Crippen molar-refractivity contribution in [2.24, 2.45) is 0 Å². The first kappa shape index (κ1) is 18.2. The van der Waals surface area contributed by atoms with Gasteiger partial charge in [0.25, 0.3) is 0 Å². The summed E-state index contributed by atoms with van der Waals surface area (Å²) in [5, 5.41) is 0.696. The maximum atomic E-state index is 12.7. The average molecular weight is 380 g/mol. The number of hydrogen-bond acceptors (Lipinski definition) is 4. The number of aromatic nitrogens is 1. The molecule has 3 rings (SSSR count). The summed E-state index contributed by atoms with van der Waals surface area (Å²) in [6.07, 6.45) is 4.39. The minimum Gasteiger partial charge on any atom is -0.355 e. The van der Waals surface area contributed by atoms with E-state index in [-0.39, 0.29) is 4.90 Å². The van der Waals surface area contributed by atoms with Gasteiger partial charge in [0.1, 0.15) is 10.7 Å². The molecule has 2 aromatic rings. The molecule has 0 unspecified atom stereocenters. The van der Waals surface area contributed by atoms with Gasteiger partial charge in [-0.15, -0.1) is 0 Å². The molecule has 0 aliphatic carbocycles. The molecule has 1 fully saturated rings. The Hall–Kier alpha value is -1.63. The van der Waals surface area contributed by atoms with Gasteiger partial charge in [-0.05, 0) is 42.7 Å². The lowest BCUT2D eigenvalue weighted by Gasteiger charge is -2.26. The van der Waals surface area contributed by atoms with Gasteiger partial charge < -0.3 is 4.90 Å². The second-order valence-corrected chi connectivity index (χ2v) is 8.68. The number of sulfonamides is 1. The highest BCUT2D eigenvalue weighted by Crippen LogP contribution is 2.22. The second kappa shape index (κ2) is 7.72. The molecule has 1 aromatic carbocycles. The first-order valence-corrected chi connectivity index (χ1v) is 10.2. The molecular formula is C18H22ClN3O2S. The van der Waals surface area contributed by atoms with Gasteiger partial charge in [0.2, 0.25) is 10.0 Å². The molecule has 0 amide bonds. The van der Waals surface area contributed by atoms with Crippen LogP contribution in [0.4, 0.5) is 5.82 Å². The second-order valence-electron chi connectivity index (χ2n) is 6.30. The van der Waals surface area contributed by atoms with Gasteiger partial charge in [-0.1, -0.05) is 30.2 Å². The molecule has 134 valence electrons. The van der Waals surface area contributed by atoms with E-state index >= 15 is 0 Å². The molecule has 0 bridgehead atoms. The van der Waals surface area contributed by atoms with Gasteiger partial charge in [-0.3, -0.25) is 0 Å². The highest BCUT2D eigenvalue weighted by molar-refractivity contribution is 7.89. The first-order chi connectivity index (χ1) is 12.0. The topological polar surface area (TPSA) is 53.5 Å². The third-order valence-electron chi connectivity index (χ3n) is 4.37. The highest BCUT2D eigenvalue weighted by Gasteiger charge is 2.26. The van der Waals surface area contributed by atoms with Gasteiger partial charge in [0.15, 0.2) is 0 Å². The van der Waals surface area contributed by atoms with Gasteiger partial charge in [0.05, 0.1) is 0 Å². The van der Waals surface area contributed by atoms with Crippen LogP contribution in [0, 0.1) is 0 Å². The van der Waals surface area contributed by atoms with Gasteiger partial charge in [-0.2, -0.15) is 4.31 Å². The molecule has 0 saturated carbocycles. The molecular weight excluding hydrogens is 358 g/mol. The van der Waals surface area contributed by atoms with E-state index in [2.05, 4.69) is 4.98 Å². The Morgan fingerprint density at radius 2 is 1.92 bits per heavy atom. The van der Waals surface area contributed by atoms with Crippen molar-refractivity contribution >= 4 is 27.4 Å². The number of anilines is 1. The zero-order valence-electron chi connectivity index (χ0n) is 14.2. The Labute approximate surface area is 154 Å². The van der Waals surface area contributed by atoms with Crippen LogP contribution in [-0.4, -0.2) is 37.8 Å². The monoisotopic (exact) mass is 379 g/mol. The molecule has 0 N–H and O–H groups in total. The van der Waals surface area contributed by atoms with Crippen molar-refractivity contribution < 1.29 is 8.42 Å². The maximum absolute atomic E-state index is 12.7. The molecule has 1 saturated heterocycles. The Bertz CT molecular complexity index is 818. The summed E-state index contributed by atoms with van der Waals surface area (Å²) < 4.78 is 26.9. The smallest absolute Gasteiger partial charge is 0.244 e. The van der Waals surface area contributed by atoms with Gasteiger partial charge in [-0.25, -0.2) is 13.4 Å². The molecule has 0 spiro atoms. The van der Waals surface area contributed by atoms with E-state index in [9.17, 15) is 8.42 Å². The number of piperidine rings is 1. The third kappa shape index (κ3) is 4.32. The number of rotatable bonds is 5. The fourth-order valence-electron chi connectivity index (χ4n) is 3.00. The lowest BCUT2D eigenvalue weighted by molar-refractivity contribution is 0.346. The summed E-state index contributed by atoms with van der Waals surface area (Å²) in [4.78, 5) is 6.57. The van der Waals surface area contributed by atoms with Crippen molar-refractivity contribution in [1.29, 1.82) is 0 Å². The van der Waals surface area contributed by atoms with E-state index < -0.39 is 10.0 Å². The van der Waals surface area contributed by atoms with E-state index in [0.29, 0.717) is 24.7 Å². The number of nitrogens with zero attached hydrogens (tertiary/aromatic N) is 3. The molecule has 1 aliphatic heterocycles. The molecule has 5 nitrogen and oxygen atoms in total. The van der Waals surface area contributed by atoms with E-state index in [1.54, 1.807) is 16.4 Å². The van der Waals surface area contributed by atoms with E-state index in [4.69, 9.17) is 11.6 Å². The van der Waals surface area contributed by atoms with Crippen LogP contribution in [0.25, 0.3) is 0 Å². The van der Waals surface area contributed by atoms with Crippen LogP contribution in [0.15, 0.2) is 47.5 Å². The first-order valence-electron chi connectivity index (χ1n) is 8.38. The van der Waals surface area contributed by atoms with Crippen molar-refractivity contribution in [2.45, 2.75) is 30.7 Å². The van der Waals surface area contributed by atoms with Gasteiger partial charge >= 0.3 is 0 Å². The summed E-state index contributed by atoms with van der Waals surface area (Å²) in [6.45, 7) is 1.84. The summed E-state index contributed by atoms with van der Waals surface area (Å²) in [6, 6.07) is 11.0. The molecule has 0 radical (unpaired) electrons. The molecule has 7 heteroatoms. The lowest BCUT2D eigenvalue weighted by Crippen LogP contribution is -2.35. The minimum atomic E-state index is -3.43. The fraction of sp³-hybridized carbons (Fsp3) is 0.389. The predicted octanol–water partition coefficient (Wildman–Crippen LogP) is 3.55. The Balaban J connectivity index is 1.73. The van der Waals surface area contributed by atoms with Crippen LogP contribution in [0.1, 0.15) is 24.8 Å². The highest BCUT2D eigenvalue weighted by atomic mass is 35.5. The van der Waals surface area contributed by atoms with Crippen LogP contribution in [0.2, 0.25) is 5.02 Å². The third-order valence-corrected chi connectivity index (χ3v) is 6.49. The quantitative estimate of drug-likeness (QED) is 0.797. The molecule has 1 aromatic heterocycles. The summed E-state index contributed by atoms with van der Waals surface area (Å²) in [5.74, 6) is 0.720. The predicted molar refractivity (Wildman–Crippen MR) is 100 cm³/mol. The fourth-order valence-corrected chi connectivity index (χ4v) is 4.67. The van der Waals surface area contributed by atoms with Crippen LogP contribution in [0.3, 0.4) is 0 Å². The number of pyridine rings is 1. The van der Waals surface area contributed by atoms with E-state index in [1.165, 1.54) is 6.20 Å². The largest absolute Gasteiger partial charge is 0.355 e. The molecule has 25 heavy (non-hydrogen) atoms. The Morgan fingerprint density at radius 1 is 1.16 bits per heavy atom. The SMILES string of the molecule is CN(Cc1cccc(Cl)c1)c1ccc(S(=O)(=O)N2CCCCC2)cn1. The zero-order chi connectivity index (χ0) is 17.9. The molecule has 2 heterocycles. The lowest BCUT2D eigenvalue weighted by atomic mass is 10.2. The normalized spacial score (nSPS) is 15.9. The Kier molecular flexibility index (Phi) is 5.61. The van der Waals surface area contributed by atoms with Crippen molar-refractivity contribution in [3.8, 4) is 0 Å². The standard InChI is InChI=1S/C18H22ClN3O2S/c1-21(14-15-6-5-7-16(19)12-15)18-9-8-17(13-20-18)25(23,24)22-10-3-2-4-11-22/h5-9,12-13H,2-4,10-11,14H2,1H3.